The van der Waals surface area contributed by atoms with Crippen molar-refractivity contribution in [1.29, 1.82) is 0 Å². The molecule has 0 bridgehead atoms. The molecule has 2 unspecified atom stereocenters. The Labute approximate surface area is 575 Å². The highest BCUT2D eigenvalue weighted by Crippen LogP contribution is 2.45. The molecular weight excluding hydrogens is 1230 g/mol. The van der Waals surface area contributed by atoms with Gasteiger partial charge in [-0.05, 0) is 37.5 Å². The highest BCUT2D eigenvalue weighted by Gasteiger charge is 2.30. The maximum atomic E-state index is 13.1. The molecule has 0 fully saturated rings. The standard InChI is InChI=1S/C75H146O17P2/c1-7-9-11-13-15-17-27-34-41-47-53-59-74(79)91-70(63-85-72(77)57-51-45-39-33-18-16-14-12-10-8-2)65-89-93(81,82)87-61-69(76)62-88-94(83,84)90-66-71(64-86-73(78)58-52-46-40-36-30-32-38-44-50-56-68(5)6)92-75(80)60-54-48-42-35-29-26-24-22-20-19-21-23-25-28-31-37-43-49-55-67(3)4/h67-71,76H,7-66H2,1-6H3,(H,81,82)(H,83,84)/t69-,70+,71+/m0/s1. The molecule has 0 spiro atoms. The van der Waals surface area contributed by atoms with Gasteiger partial charge in [-0.15, -0.1) is 0 Å². The quantitative estimate of drug-likeness (QED) is 0.0222. The van der Waals surface area contributed by atoms with Crippen LogP contribution in [0.4, 0.5) is 0 Å². The van der Waals surface area contributed by atoms with Crippen molar-refractivity contribution in [2.45, 2.75) is 407 Å². The molecule has 0 aliphatic rings. The topological polar surface area (TPSA) is 237 Å². The second-order valence-electron chi connectivity index (χ2n) is 28.0. The normalized spacial score (nSPS) is 14.0. The van der Waals surface area contributed by atoms with Crippen molar-refractivity contribution in [2.24, 2.45) is 11.8 Å². The Morgan fingerprint density at radius 3 is 0.723 bits per heavy atom. The molecule has 558 valence electrons. The Morgan fingerprint density at radius 2 is 0.489 bits per heavy atom. The van der Waals surface area contributed by atoms with E-state index in [0.717, 1.165) is 102 Å². The highest BCUT2D eigenvalue weighted by atomic mass is 31.2. The van der Waals surface area contributed by atoms with Gasteiger partial charge < -0.3 is 33.8 Å². The summed E-state index contributed by atoms with van der Waals surface area (Å²) in [5.74, 6) is -0.553. The van der Waals surface area contributed by atoms with Gasteiger partial charge in [-0.2, -0.15) is 0 Å². The molecule has 0 aromatic carbocycles. The van der Waals surface area contributed by atoms with Crippen LogP contribution in [0.3, 0.4) is 0 Å². The SMILES string of the molecule is CCCCCCCCCCCCCC(=O)O[C@H](COC(=O)CCCCCCCCCCCC)COP(=O)(O)OC[C@H](O)COP(=O)(O)OC[C@@H](COC(=O)CCCCCCCCCCCC(C)C)OC(=O)CCCCCCCCCCCCCCCCCCCCC(C)C. The lowest BCUT2D eigenvalue weighted by Crippen LogP contribution is -2.30. The zero-order valence-electron chi connectivity index (χ0n) is 61.3. The van der Waals surface area contributed by atoms with Crippen molar-refractivity contribution in [3.05, 3.63) is 0 Å². The molecule has 0 amide bonds. The summed E-state index contributed by atoms with van der Waals surface area (Å²) in [4.78, 5) is 72.7. The first-order valence-corrected chi connectivity index (χ1v) is 42.0. The van der Waals surface area contributed by atoms with Crippen LogP contribution in [0.15, 0.2) is 0 Å². The van der Waals surface area contributed by atoms with Crippen LogP contribution < -0.4 is 0 Å². The molecule has 0 aliphatic carbocycles. The smallest absolute Gasteiger partial charge is 0.462 e. The van der Waals surface area contributed by atoms with E-state index < -0.39 is 97.5 Å². The van der Waals surface area contributed by atoms with Gasteiger partial charge in [-0.25, -0.2) is 9.13 Å². The molecule has 5 atom stereocenters. The molecule has 0 radical (unpaired) electrons. The van der Waals surface area contributed by atoms with Crippen LogP contribution in [0.25, 0.3) is 0 Å². The summed E-state index contributed by atoms with van der Waals surface area (Å²) in [6.07, 6.45) is 54.1. The third-order valence-corrected chi connectivity index (χ3v) is 19.4. The van der Waals surface area contributed by atoms with E-state index in [9.17, 15) is 43.2 Å². The molecule has 19 heteroatoms. The minimum atomic E-state index is -4.96. The van der Waals surface area contributed by atoms with Gasteiger partial charge >= 0.3 is 39.5 Å². The van der Waals surface area contributed by atoms with E-state index in [-0.39, 0.29) is 25.7 Å². The van der Waals surface area contributed by atoms with E-state index in [1.807, 2.05) is 0 Å². The summed E-state index contributed by atoms with van der Waals surface area (Å²) in [6, 6.07) is 0. The van der Waals surface area contributed by atoms with Crippen molar-refractivity contribution in [2.75, 3.05) is 39.6 Å². The first kappa shape index (κ1) is 92.1. The van der Waals surface area contributed by atoms with Crippen LogP contribution in [0.2, 0.25) is 0 Å². The lowest BCUT2D eigenvalue weighted by atomic mass is 10.0. The third-order valence-electron chi connectivity index (χ3n) is 17.5. The first-order valence-electron chi connectivity index (χ1n) is 39.0. The van der Waals surface area contributed by atoms with E-state index in [1.54, 1.807) is 0 Å². The number of esters is 4. The number of carbonyl (C=O) groups excluding carboxylic acids is 4. The molecule has 0 heterocycles. The van der Waals surface area contributed by atoms with E-state index >= 15 is 0 Å². The molecule has 0 saturated heterocycles. The Balaban J connectivity index is 5.18. The molecule has 0 saturated carbocycles. The Morgan fingerprint density at radius 1 is 0.287 bits per heavy atom. The van der Waals surface area contributed by atoms with E-state index in [4.69, 9.17) is 37.0 Å². The Hall–Kier alpha value is -1.94. The van der Waals surface area contributed by atoms with Crippen molar-refractivity contribution < 1.29 is 80.2 Å². The number of ether oxygens (including phenoxy) is 4. The number of phosphoric ester groups is 2. The van der Waals surface area contributed by atoms with Crippen molar-refractivity contribution in [3.63, 3.8) is 0 Å². The molecule has 0 aromatic rings. The number of carbonyl (C=O) groups is 4. The lowest BCUT2D eigenvalue weighted by molar-refractivity contribution is -0.161. The molecule has 0 aliphatic heterocycles. The zero-order valence-corrected chi connectivity index (χ0v) is 63.1. The number of phosphoric acid groups is 2. The highest BCUT2D eigenvalue weighted by molar-refractivity contribution is 7.47. The number of aliphatic hydroxyl groups is 1. The number of aliphatic hydroxyl groups excluding tert-OH is 1. The lowest BCUT2D eigenvalue weighted by Gasteiger charge is -2.21. The summed E-state index contributed by atoms with van der Waals surface area (Å²) in [6.45, 7) is 9.59. The van der Waals surface area contributed by atoms with Gasteiger partial charge in [-0.3, -0.25) is 37.3 Å². The molecule has 0 rings (SSSR count). The Bertz CT molecular complexity index is 1820. The number of unbranched alkanes of at least 4 members (excludes halogenated alkanes) is 44. The first-order chi connectivity index (χ1) is 45.4. The summed E-state index contributed by atoms with van der Waals surface area (Å²) < 4.78 is 68.4. The summed E-state index contributed by atoms with van der Waals surface area (Å²) >= 11 is 0. The van der Waals surface area contributed by atoms with Crippen LogP contribution >= 0.6 is 15.6 Å². The van der Waals surface area contributed by atoms with Crippen molar-refractivity contribution >= 4 is 39.5 Å². The van der Waals surface area contributed by atoms with Crippen LogP contribution in [0.1, 0.15) is 388 Å². The molecule has 3 N–H and O–H groups in total. The van der Waals surface area contributed by atoms with E-state index in [2.05, 4.69) is 41.5 Å². The van der Waals surface area contributed by atoms with E-state index in [0.29, 0.717) is 25.7 Å². The average molecular weight is 1380 g/mol. The largest absolute Gasteiger partial charge is 0.472 e. The third kappa shape index (κ3) is 68.6. The second-order valence-corrected chi connectivity index (χ2v) is 30.9. The van der Waals surface area contributed by atoms with Gasteiger partial charge in [0, 0.05) is 25.7 Å². The summed E-state index contributed by atoms with van der Waals surface area (Å²) in [7, 11) is -9.90. The monoisotopic (exact) mass is 1380 g/mol. The van der Waals surface area contributed by atoms with Crippen LogP contribution in [0.5, 0.6) is 0 Å². The van der Waals surface area contributed by atoms with Crippen molar-refractivity contribution in [3.8, 4) is 0 Å². The molecule has 94 heavy (non-hydrogen) atoms. The average Bonchev–Trinajstić information content (AvgIpc) is 1.28. The van der Waals surface area contributed by atoms with Gasteiger partial charge in [0.15, 0.2) is 12.2 Å². The predicted molar refractivity (Wildman–Crippen MR) is 381 cm³/mol. The fourth-order valence-corrected chi connectivity index (χ4v) is 13.1. The number of rotatable bonds is 74. The van der Waals surface area contributed by atoms with Gasteiger partial charge in [-0.1, -0.05) is 337 Å². The number of hydrogen-bond acceptors (Lipinski definition) is 15. The van der Waals surface area contributed by atoms with Crippen LogP contribution in [-0.2, 0) is 65.4 Å². The van der Waals surface area contributed by atoms with Gasteiger partial charge in [0.05, 0.1) is 26.4 Å². The number of hydrogen-bond donors (Lipinski definition) is 3. The zero-order chi connectivity index (χ0) is 69.3. The molecular formula is C75H146O17P2. The maximum absolute atomic E-state index is 13.1. The van der Waals surface area contributed by atoms with Gasteiger partial charge in [0.2, 0.25) is 0 Å². The molecule has 0 aromatic heterocycles. The van der Waals surface area contributed by atoms with Gasteiger partial charge in [0.1, 0.15) is 19.3 Å². The predicted octanol–water partition coefficient (Wildman–Crippen LogP) is 21.9. The Kier molecular flexibility index (Phi) is 65.5. The maximum Gasteiger partial charge on any atom is 0.472 e. The van der Waals surface area contributed by atoms with Crippen molar-refractivity contribution in [1.82, 2.24) is 0 Å². The van der Waals surface area contributed by atoms with Crippen LogP contribution in [-0.4, -0.2) is 96.7 Å². The van der Waals surface area contributed by atoms with Gasteiger partial charge in [0.25, 0.3) is 0 Å². The van der Waals surface area contributed by atoms with E-state index in [1.165, 1.54) is 205 Å². The van der Waals surface area contributed by atoms with Crippen LogP contribution in [0, 0.1) is 11.8 Å². The fourth-order valence-electron chi connectivity index (χ4n) is 11.5. The second kappa shape index (κ2) is 66.9. The fraction of sp³-hybridized carbons (Fsp3) is 0.947. The molecule has 17 nitrogen and oxygen atoms in total. The summed E-state index contributed by atoms with van der Waals surface area (Å²) in [5.41, 5.74) is 0. The minimum absolute atomic E-state index is 0.107. The summed E-state index contributed by atoms with van der Waals surface area (Å²) in [5, 5.41) is 10.6. The minimum Gasteiger partial charge on any atom is -0.462 e.